The molecule has 5 nitrogen and oxygen atoms in total. The molecule has 1 aliphatic carbocycles. The Kier molecular flexibility index (Phi) is 3.59. The van der Waals surface area contributed by atoms with E-state index in [1.807, 2.05) is 19.1 Å². The molecule has 3 rings (SSSR count). The molecule has 0 saturated heterocycles. The Balaban J connectivity index is 2.11. The number of hydrogen-bond donors (Lipinski definition) is 3. The number of nitrogens with one attached hydrogen (secondary N) is 1. The maximum atomic E-state index is 11.1. The van der Waals surface area contributed by atoms with Crippen molar-refractivity contribution in [2.45, 2.75) is 38.1 Å². The van der Waals surface area contributed by atoms with Crippen LogP contribution >= 0.6 is 0 Å². The SMILES string of the molecule is C=C(NCC(=O)O)C1=C(O)C2(CCCC2)n2c(C)ccc2C1=C. The number of aliphatic hydroxyl groups is 1. The second kappa shape index (κ2) is 5.33. The van der Waals surface area contributed by atoms with Gasteiger partial charge in [0, 0.05) is 28.2 Å². The van der Waals surface area contributed by atoms with E-state index in [-0.39, 0.29) is 12.3 Å². The van der Waals surface area contributed by atoms with Gasteiger partial charge in [-0.05, 0) is 31.9 Å². The molecule has 1 aliphatic heterocycles. The van der Waals surface area contributed by atoms with Crippen molar-refractivity contribution in [2.75, 3.05) is 6.54 Å². The molecule has 5 heteroatoms. The third-order valence-electron chi connectivity index (χ3n) is 4.98. The van der Waals surface area contributed by atoms with Gasteiger partial charge in [-0.15, -0.1) is 0 Å². The van der Waals surface area contributed by atoms with Gasteiger partial charge < -0.3 is 20.1 Å². The van der Waals surface area contributed by atoms with Crippen LogP contribution in [0.1, 0.15) is 37.1 Å². The highest BCUT2D eigenvalue weighted by Crippen LogP contribution is 2.50. The van der Waals surface area contributed by atoms with Gasteiger partial charge >= 0.3 is 5.97 Å². The Bertz CT molecular complexity index is 733. The van der Waals surface area contributed by atoms with Crippen LogP contribution in [0.4, 0.5) is 0 Å². The number of aliphatic carboxylic acids is 1. The summed E-state index contributed by atoms with van der Waals surface area (Å²) in [5, 5.41) is 22.7. The van der Waals surface area contributed by atoms with E-state index in [1.165, 1.54) is 0 Å². The molecular weight excluding hydrogens is 292 g/mol. The van der Waals surface area contributed by atoms with Crippen LogP contribution in [-0.2, 0) is 10.3 Å². The second-order valence-electron chi connectivity index (χ2n) is 6.36. The van der Waals surface area contributed by atoms with Crippen LogP contribution in [0, 0.1) is 6.92 Å². The number of hydrogen-bond acceptors (Lipinski definition) is 3. The van der Waals surface area contributed by atoms with Crippen molar-refractivity contribution in [3.8, 4) is 0 Å². The molecule has 0 aromatic carbocycles. The van der Waals surface area contributed by atoms with Crippen LogP contribution in [0.15, 0.2) is 42.3 Å². The molecule has 23 heavy (non-hydrogen) atoms. The van der Waals surface area contributed by atoms with Crippen LogP contribution in [-0.4, -0.2) is 27.3 Å². The van der Waals surface area contributed by atoms with Crippen LogP contribution in [0.5, 0.6) is 0 Å². The van der Waals surface area contributed by atoms with Gasteiger partial charge in [-0.2, -0.15) is 0 Å². The summed E-state index contributed by atoms with van der Waals surface area (Å²) < 4.78 is 2.19. The maximum Gasteiger partial charge on any atom is 0.322 e. The third-order valence-corrected chi connectivity index (χ3v) is 4.98. The highest BCUT2D eigenvalue weighted by Gasteiger charge is 2.46. The number of aryl methyl sites for hydroxylation is 1. The number of carboxylic acids is 1. The predicted octanol–water partition coefficient (Wildman–Crippen LogP) is 3.09. The van der Waals surface area contributed by atoms with Gasteiger partial charge in [0.15, 0.2) is 0 Å². The molecule has 3 N–H and O–H groups in total. The molecule has 1 fully saturated rings. The van der Waals surface area contributed by atoms with Crippen LogP contribution in [0.2, 0.25) is 0 Å². The minimum Gasteiger partial charge on any atom is -0.509 e. The van der Waals surface area contributed by atoms with Gasteiger partial charge in [0.2, 0.25) is 0 Å². The van der Waals surface area contributed by atoms with Gasteiger partial charge in [0.25, 0.3) is 0 Å². The van der Waals surface area contributed by atoms with E-state index in [1.54, 1.807) is 0 Å². The van der Waals surface area contributed by atoms with Gasteiger partial charge in [0.1, 0.15) is 17.8 Å². The maximum absolute atomic E-state index is 11.1. The lowest BCUT2D eigenvalue weighted by atomic mass is 9.83. The Labute approximate surface area is 135 Å². The van der Waals surface area contributed by atoms with Crippen molar-refractivity contribution in [1.29, 1.82) is 0 Å². The summed E-state index contributed by atoms with van der Waals surface area (Å²) in [7, 11) is 0. The van der Waals surface area contributed by atoms with E-state index in [9.17, 15) is 9.90 Å². The summed E-state index contributed by atoms with van der Waals surface area (Å²) >= 11 is 0. The number of carboxylic acid groups (broad SMARTS) is 1. The molecule has 0 unspecified atom stereocenters. The first-order valence-electron chi connectivity index (χ1n) is 7.85. The van der Waals surface area contributed by atoms with Crippen molar-refractivity contribution in [1.82, 2.24) is 9.88 Å². The number of rotatable bonds is 4. The van der Waals surface area contributed by atoms with Crippen molar-refractivity contribution >= 4 is 11.5 Å². The predicted molar refractivity (Wildman–Crippen MR) is 89.1 cm³/mol. The van der Waals surface area contributed by atoms with Crippen molar-refractivity contribution in [3.63, 3.8) is 0 Å². The molecular formula is C18H22N2O3. The quantitative estimate of drug-likeness (QED) is 0.798. The zero-order valence-corrected chi connectivity index (χ0v) is 13.4. The second-order valence-corrected chi connectivity index (χ2v) is 6.36. The van der Waals surface area contributed by atoms with Gasteiger partial charge in [0.05, 0.1) is 0 Å². The normalized spacial score (nSPS) is 19.1. The Morgan fingerprint density at radius 3 is 2.65 bits per heavy atom. The molecule has 122 valence electrons. The summed E-state index contributed by atoms with van der Waals surface area (Å²) in [6.07, 6.45) is 3.83. The van der Waals surface area contributed by atoms with E-state index in [0.717, 1.165) is 37.1 Å². The van der Waals surface area contributed by atoms with E-state index >= 15 is 0 Å². The number of nitrogens with zero attached hydrogens (tertiary/aromatic N) is 1. The van der Waals surface area contributed by atoms with E-state index < -0.39 is 11.5 Å². The molecule has 0 bridgehead atoms. The van der Waals surface area contributed by atoms with Crippen molar-refractivity contribution < 1.29 is 15.0 Å². The average molecular weight is 314 g/mol. The number of allylic oxidation sites excluding steroid dienone is 2. The van der Waals surface area contributed by atoms with Gasteiger partial charge in [-0.3, -0.25) is 4.79 Å². The zero-order valence-electron chi connectivity index (χ0n) is 13.4. The fourth-order valence-electron chi connectivity index (χ4n) is 3.97. The smallest absolute Gasteiger partial charge is 0.322 e. The van der Waals surface area contributed by atoms with Gasteiger partial charge in [-0.1, -0.05) is 26.0 Å². The molecule has 2 heterocycles. The molecule has 1 saturated carbocycles. The first-order valence-corrected chi connectivity index (χ1v) is 7.85. The molecule has 0 amide bonds. The first kappa shape index (κ1) is 15.5. The highest BCUT2D eigenvalue weighted by molar-refractivity contribution is 5.84. The standard InChI is InChI=1S/C18H22N2O3/c1-11-6-7-14-12(2)16(13(3)19-10-15(21)22)17(23)18(20(11)14)8-4-5-9-18/h6-7,19,23H,2-5,8-10H2,1H3,(H,21,22). The van der Waals surface area contributed by atoms with Crippen LogP contribution in [0.25, 0.3) is 5.57 Å². The lowest BCUT2D eigenvalue weighted by molar-refractivity contribution is -0.135. The van der Waals surface area contributed by atoms with Crippen molar-refractivity contribution in [3.05, 3.63) is 53.7 Å². The lowest BCUT2D eigenvalue weighted by Crippen LogP contribution is -2.39. The zero-order chi connectivity index (χ0) is 16.8. The van der Waals surface area contributed by atoms with E-state index in [4.69, 9.17) is 5.11 Å². The summed E-state index contributed by atoms with van der Waals surface area (Å²) in [5.41, 5.74) is 3.25. The third kappa shape index (κ3) is 2.19. The summed E-state index contributed by atoms with van der Waals surface area (Å²) in [6, 6.07) is 4.04. The largest absolute Gasteiger partial charge is 0.509 e. The number of aliphatic hydroxyl groups excluding tert-OH is 1. The topological polar surface area (TPSA) is 74.5 Å². The summed E-state index contributed by atoms with van der Waals surface area (Å²) in [5.74, 6) is -0.711. The molecule has 0 radical (unpaired) electrons. The highest BCUT2D eigenvalue weighted by atomic mass is 16.4. The monoisotopic (exact) mass is 314 g/mol. The lowest BCUT2D eigenvalue weighted by Gasteiger charge is -2.40. The molecule has 1 spiro atoms. The molecule has 1 aromatic heterocycles. The Morgan fingerprint density at radius 2 is 2.04 bits per heavy atom. The number of fused-ring (bicyclic) bond motifs is 2. The number of carbonyl (C=O) groups is 1. The Morgan fingerprint density at radius 1 is 1.39 bits per heavy atom. The minimum atomic E-state index is -0.970. The van der Waals surface area contributed by atoms with Crippen molar-refractivity contribution in [2.24, 2.45) is 0 Å². The van der Waals surface area contributed by atoms with E-state index in [0.29, 0.717) is 16.8 Å². The summed E-state index contributed by atoms with van der Waals surface area (Å²) in [6.45, 7) is 9.83. The molecule has 0 atom stereocenters. The van der Waals surface area contributed by atoms with Crippen LogP contribution < -0.4 is 5.32 Å². The van der Waals surface area contributed by atoms with Gasteiger partial charge in [-0.25, -0.2) is 0 Å². The summed E-state index contributed by atoms with van der Waals surface area (Å²) in [4.78, 5) is 10.8. The molecule has 2 aliphatic rings. The first-order chi connectivity index (χ1) is 10.9. The minimum absolute atomic E-state index is 0.240. The number of aromatic nitrogens is 1. The Hall–Kier alpha value is -2.43. The van der Waals surface area contributed by atoms with Crippen LogP contribution in [0.3, 0.4) is 0 Å². The fraction of sp³-hybridized carbons (Fsp3) is 0.389. The average Bonchev–Trinajstić information content (AvgIpc) is 3.11. The fourth-order valence-corrected chi connectivity index (χ4v) is 3.97. The molecule has 1 aromatic rings. The van der Waals surface area contributed by atoms with E-state index in [2.05, 4.69) is 23.0 Å².